The van der Waals surface area contributed by atoms with Crippen LogP contribution in [0.4, 0.5) is 4.79 Å². The zero-order chi connectivity index (χ0) is 14.7. The maximum Gasteiger partial charge on any atom is 0.320 e. The lowest BCUT2D eigenvalue weighted by atomic mass is 9.99. The molecule has 0 bridgehead atoms. The lowest BCUT2D eigenvalue weighted by Crippen LogP contribution is -2.44. The first-order valence-electron chi connectivity index (χ1n) is 6.98. The number of hydrogen-bond donors (Lipinski definition) is 1. The molecule has 5 heteroatoms. The number of amides is 2. The third-order valence-electron chi connectivity index (χ3n) is 3.98. The summed E-state index contributed by atoms with van der Waals surface area (Å²) in [6, 6.07) is 0.121. The van der Waals surface area contributed by atoms with Crippen molar-refractivity contribution in [3.05, 3.63) is 0 Å². The second kappa shape index (κ2) is 6.26. The van der Waals surface area contributed by atoms with Gasteiger partial charge in [0.2, 0.25) is 0 Å². The Labute approximate surface area is 115 Å². The second-order valence-corrected chi connectivity index (χ2v) is 6.20. The van der Waals surface area contributed by atoms with Gasteiger partial charge < -0.3 is 14.9 Å². The van der Waals surface area contributed by atoms with Crippen molar-refractivity contribution in [3.8, 4) is 0 Å². The molecule has 1 fully saturated rings. The first-order chi connectivity index (χ1) is 8.73. The quantitative estimate of drug-likeness (QED) is 0.851. The van der Waals surface area contributed by atoms with Gasteiger partial charge in [-0.15, -0.1) is 0 Å². The number of carbonyl (C=O) groups excluding carboxylic acids is 1. The van der Waals surface area contributed by atoms with Crippen LogP contribution < -0.4 is 0 Å². The summed E-state index contributed by atoms with van der Waals surface area (Å²) in [5.41, 5.74) is 0. The molecule has 5 nitrogen and oxygen atoms in total. The lowest BCUT2D eigenvalue weighted by Gasteiger charge is -2.30. The molecule has 3 atom stereocenters. The molecule has 0 aromatic carbocycles. The Morgan fingerprint density at radius 2 is 1.89 bits per heavy atom. The molecule has 2 amide bonds. The summed E-state index contributed by atoms with van der Waals surface area (Å²) in [6.07, 6.45) is 0.952. The van der Waals surface area contributed by atoms with Crippen LogP contribution in [0.25, 0.3) is 0 Å². The van der Waals surface area contributed by atoms with E-state index in [0.29, 0.717) is 19.0 Å². The normalized spacial score (nSPS) is 24.6. The fourth-order valence-corrected chi connectivity index (χ4v) is 2.70. The van der Waals surface area contributed by atoms with Crippen LogP contribution in [0.15, 0.2) is 0 Å². The molecular weight excluding hydrogens is 244 g/mol. The molecule has 1 aliphatic heterocycles. The van der Waals surface area contributed by atoms with E-state index in [9.17, 15) is 9.59 Å². The van der Waals surface area contributed by atoms with Gasteiger partial charge in [0.25, 0.3) is 0 Å². The summed E-state index contributed by atoms with van der Waals surface area (Å²) >= 11 is 0. The number of urea groups is 1. The Hall–Kier alpha value is -1.26. The van der Waals surface area contributed by atoms with E-state index in [0.717, 1.165) is 6.42 Å². The topological polar surface area (TPSA) is 60.9 Å². The standard InChI is InChI=1S/C14H26N2O3/c1-9(2)6-11(4)15(5)14(19)16-7-10(3)12(8-16)13(17)18/h9-12H,6-8H2,1-5H3,(H,17,18)/t10-,11?,12-/m1/s1. The van der Waals surface area contributed by atoms with Crippen molar-refractivity contribution >= 4 is 12.0 Å². The van der Waals surface area contributed by atoms with E-state index >= 15 is 0 Å². The molecule has 1 unspecified atom stereocenters. The number of aliphatic carboxylic acids is 1. The predicted octanol–water partition coefficient (Wildman–Crippen LogP) is 2.13. The van der Waals surface area contributed by atoms with Gasteiger partial charge in [0, 0.05) is 26.2 Å². The van der Waals surface area contributed by atoms with Crippen LogP contribution in [0, 0.1) is 17.8 Å². The largest absolute Gasteiger partial charge is 0.481 e. The van der Waals surface area contributed by atoms with E-state index in [1.54, 1.807) is 16.8 Å². The van der Waals surface area contributed by atoms with Gasteiger partial charge in [0.15, 0.2) is 0 Å². The number of nitrogens with zero attached hydrogens (tertiary/aromatic N) is 2. The maximum atomic E-state index is 12.3. The molecule has 0 spiro atoms. The van der Waals surface area contributed by atoms with Gasteiger partial charge in [-0.25, -0.2) is 4.79 Å². The van der Waals surface area contributed by atoms with Crippen molar-refractivity contribution < 1.29 is 14.7 Å². The van der Waals surface area contributed by atoms with Crippen LogP contribution in [-0.4, -0.2) is 53.1 Å². The minimum Gasteiger partial charge on any atom is -0.481 e. The van der Waals surface area contributed by atoms with Crippen molar-refractivity contribution in [2.24, 2.45) is 17.8 Å². The number of carboxylic acids is 1. The van der Waals surface area contributed by atoms with E-state index in [4.69, 9.17) is 5.11 Å². The van der Waals surface area contributed by atoms with Crippen LogP contribution in [0.1, 0.15) is 34.1 Å². The van der Waals surface area contributed by atoms with E-state index in [1.807, 2.05) is 13.8 Å². The molecule has 1 N–H and O–H groups in total. The molecule has 0 aromatic heterocycles. The Bertz CT molecular complexity index is 344. The van der Waals surface area contributed by atoms with Gasteiger partial charge in [-0.3, -0.25) is 4.79 Å². The van der Waals surface area contributed by atoms with Crippen molar-refractivity contribution in [2.45, 2.75) is 40.2 Å². The average molecular weight is 270 g/mol. The van der Waals surface area contributed by atoms with Crippen LogP contribution in [0.2, 0.25) is 0 Å². The number of carbonyl (C=O) groups is 2. The first-order valence-corrected chi connectivity index (χ1v) is 6.98. The minimum absolute atomic E-state index is 0.0234. The fourth-order valence-electron chi connectivity index (χ4n) is 2.70. The van der Waals surface area contributed by atoms with Gasteiger partial charge >= 0.3 is 12.0 Å². The summed E-state index contributed by atoms with van der Waals surface area (Å²) in [5, 5.41) is 9.10. The Kier molecular flexibility index (Phi) is 5.20. The molecule has 1 aliphatic rings. The highest BCUT2D eigenvalue weighted by atomic mass is 16.4. The van der Waals surface area contributed by atoms with E-state index in [2.05, 4.69) is 13.8 Å². The molecule has 0 saturated carbocycles. The third-order valence-corrected chi connectivity index (χ3v) is 3.98. The van der Waals surface area contributed by atoms with Gasteiger partial charge in [0.1, 0.15) is 0 Å². The molecule has 0 radical (unpaired) electrons. The molecule has 1 saturated heterocycles. The highest BCUT2D eigenvalue weighted by Gasteiger charge is 2.38. The molecule has 0 aromatic rings. The Morgan fingerprint density at radius 1 is 1.32 bits per heavy atom. The van der Waals surface area contributed by atoms with Crippen molar-refractivity contribution in [3.63, 3.8) is 0 Å². The van der Waals surface area contributed by atoms with Gasteiger partial charge in [0.05, 0.1) is 5.92 Å². The third kappa shape index (κ3) is 3.85. The van der Waals surface area contributed by atoms with Crippen LogP contribution in [-0.2, 0) is 4.79 Å². The van der Waals surface area contributed by atoms with Crippen LogP contribution in [0.5, 0.6) is 0 Å². The summed E-state index contributed by atoms with van der Waals surface area (Å²) in [7, 11) is 1.80. The zero-order valence-corrected chi connectivity index (χ0v) is 12.6. The molecule has 1 rings (SSSR count). The monoisotopic (exact) mass is 270 g/mol. The van der Waals surface area contributed by atoms with Crippen molar-refractivity contribution in [1.82, 2.24) is 9.80 Å². The predicted molar refractivity (Wildman–Crippen MR) is 73.9 cm³/mol. The summed E-state index contributed by atoms with van der Waals surface area (Å²) in [5.74, 6) is -0.678. The number of likely N-dealkylation sites (tertiary alicyclic amines) is 1. The SMILES string of the molecule is CC(C)CC(C)N(C)C(=O)N1C[C@@H](C)[C@H](C(=O)O)C1. The maximum absolute atomic E-state index is 12.3. The second-order valence-electron chi connectivity index (χ2n) is 6.20. The van der Waals surface area contributed by atoms with Gasteiger partial charge in [-0.2, -0.15) is 0 Å². The highest BCUT2D eigenvalue weighted by Crippen LogP contribution is 2.24. The molecule has 19 heavy (non-hydrogen) atoms. The summed E-state index contributed by atoms with van der Waals surface area (Å²) in [4.78, 5) is 26.8. The first kappa shape index (κ1) is 15.8. The number of hydrogen-bond acceptors (Lipinski definition) is 2. The zero-order valence-electron chi connectivity index (χ0n) is 12.6. The fraction of sp³-hybridized carbons (Fsp3) is 0.857. The lowest BCUT2D eigenvalue weighted by molar-refractivity contribution is -0.142. The molecule has 0 aliphatic carbocycles. The van der Waals surface area contributed by atoms with E-state index in [-0.39, 0.29) is 18.0 Å². The molecule has 110 valence electrons. The van der Waals surface area contributed by atoms with Crippen LogP contribution in [0.3, 0.4) is 0 Å². The van der Waals surface area contributed by atoms with Crippen molar-refractivity contribution in [2.75, 3.05) is 20.1 Å². The van der Waals surface area contributed by atoms with Crippen molar-refractivity contribution in [1.29, 1.82) is 0 Å². The summed E-state index contributed by atoms with van der Waals surface area (Å²) < 4.78 is 0. The highest BCUT2D eigenvalue weighted by molar-refractivity contribution is 5.77. The van der Waals surface area contributed by atoms with E-state index < -0.39 is 11.9 Å². The molecule has 1 heterocycles. The van der Waals surface area contributed by atoms with Gasteiger partial charge in [-0.1, -0.05) is 20.8 Å². The van der Waals surface area contributed by atoms with Crippen LogP contribution >= 0.6 is 0 Å². The molecular formula is C14H26N2O3. The average Bonchev–Trinajstić information content (AvgIpc) is 2.68. The van der Waals surface area contributed by atoms with Gasteiger partial charge in [-0.05, 0) is 25.2 Å². The minimum atomic E-state index is -0.805. The van der Waals surface area contributed by atoms with E-state index in [1.165, 1.54) is 0 Å². The smallest absolute Gasteiger partial charge is 0.320 e. The number of carboxylic acid groups (broad SMARTS) is 1. The Balaban J connectivity index is 2.61. The Morgan fingerprint density at radius 3 is 2.32 bits per heavy atom. The number of rotatable bonds is 4. The summed E-state index contributed by atoms with van der Waals surface area (Å²) in [6.45, 7) is 9.05.